The first-order chi connectivity index (χ1) is 29.2. The zero-order valence-corrected chi connectivity index (χ0v) is 35.1. The van der Waals surface area contributed by atoms with Crippen molar-refractivity contribution in [1.29, 1.82) is 0 Å². The molecule has 9 rings (SSSR count). The predicted octanol–water partition coefficient (Wildman–Crippen LogP) is 11.9. The van der Waals surface area contributed by atoms with Crippen LogP contribution >= 0.6 is 0 Å². The molecule has 1 aromatic heterocycles. The fourth-order valence-corrected chi connectivity index (χ4v) is 9.12. The first-order valence-corrected chi connectivity index (χ1v) is 20.7. The van der Waals surface area contributed by atoms with Gasteiger partial charge in [-0.3, -0.25) is 4.90 Å². The number of fused-ring (bicyclic) bond motifs is 1. The number of rotatable bonds is 9. The third-order valence-corrected chi connectivity index (χ3v) is 11.7. The van der Waals surface area contributed by atoms with E-state index in [0.29, 0.717) is 17.6 Å². The summed E-state index contributed by atoms with van der Waals surface area (Å²) in [6, 6.07) is 62.5. The number of hydrogen-bond acceptors (Lipinski definition) is 4. The van der Waals surface area contributed by atoms with Crippen molar-refractivity contribution in [3.8, 4) is 33.9 Å². The minimum absolute atomic E-state index is 0.0543. The smallest absolute Gasteiger partial charge is 0.242 e. The lowest BCUT2D eigenvalue weighted by Crippen LogP contribution is -2.55. The summed E-state index contributed by atoms with van der Waals surface area (Å²) in [5, 5.41) is 2.23. The molecule has 5 heteroatoms. The predicted molar refractivity (Wildman–Crippen MR) is 254 cm³/mol. The lowest BCUT2D eigenvalue weighted by Gasteiger charge is -2.27. The third kappa shape index (κ3) is 7.51. The van der Waals surface area contributed by atoms with Crippen LogP contribution in [0.2, 0.25) is 0 Å². The first-order valence-electron chi connectivity index (χ1n) is 20.7. The van der Waals surface area contributed by atoms with Gasteiger partial charge < -0.3 is 0 Å². The Morgan fingerprint density at radius 1 is 0.400 bits per heavy atom. The van der Waals surface area contributed by atoms with Gasteiger partial charge in [-0.05, 0) is 87.7 Å². The molecule has 0 fully saturated rings. The molecule has 0 spiro atoms. The molecule has 0 bridgehead atoms. The van der Waals surface area contributed by atoms with Crippen LogP contribution in [0.25, 0.3) is 44.7 Å². The number of aromatic nitrogens is 3. The number of hydrogen-bond donors (Lipinski definition) is 0. The van der Waals surface area contributed by atoms with Crippen molar-refractivity contribution in [3.05, 3.63) is 209 Å². The number of aryl methyl sites for hydroxylation is 6. The van der Waals surface area contributed by atoms with Gasteiger partial charge in [-0.2, -0.15) is 9.97 Å². The lowest BCUT2D eigenvalue weighted by atomic mass is 9.34. The Morgan fingerprint density at radius 3 is 1.45 bits per heavy atom. The van der Waals surface area contributed by atoms with E-state index >= 15 is 0 Å². The topological polar surface area (TPSA) is 41.9 Å². The fraction of sp³-hybridized carbons (Fsp3) is 0.109. The van der Waals surface area contributed by atoms with Gasteiger partial charge in [0.05, 0.1) is 0 Å². The fourth-order valence-electron chi connectivity index (χ4n) is 9.12. The summed E-state index contributed by atoms with van der Waals surface area (Å²) in [5.74, 6) is 1.77. The van der Waals surface area contributed by atoms with Crippen molar-refractivity contribution in [2.45, 2.75) is 41.5 Å². The van der Waals surface area contributed by atoms with E-state index in [4.69, 9.17) is 15.0 Å². The molecular formula is C55H47BN4. The van der Waals surface area contributed by atoms with Gasteiger partial charge in [-0.25, -0.2) is 4.98 Å². The molecule has 290 valence electrons. The molecule has 0 aliphatic heterocycles. The highest BCUT2D eigenvalue weighted by atomic mass is 15.3. The van der Waals surface area contributed by atoms with Crippen molar-refractivity contribution in [2.75, 3.05) is 4.90 Å². The zero-order chi connectivity index (χ0) is 41.3. The lowest BCUT2D eigenvalue weighted by molar-refractivity contribution is 1.02. The van der Waals surface area contributed by atoms with Crippen molar-refractivity contribution in [3.63, 3.8) is 0 Å². The van der Waals surface area contributed by atoms with Gasteiger partial charge in [0, 0.05) is 22.5 Å². The van der Waals surface area contributed by atoms with E-state index in [1.54, 1.807) is 0 Å². The molecule has 0 unspecified atom stereocenters. The summed E-state index contributed by atoms with van der Waals surface area (Å²) in [7, 11) is 0. The summed E-state index contributed by atoms with van der Waals surface area (Å²) in [6.45, 7) is 13.5. The Labute approximate surface area is 354 Å². The third-order valence-electron chi connectivity index (χ3n) is 11.7. The maximum atomic E-state index is 5.33. The van der Waals surface area contributed by atoms with E-state index in [0.717, 1.165) is 38.8 Å². The molecule has 0 aliphatic rings. The zero-order valence-electron chi connectivity index (χ0n) is 35.1. The molecule has 0 atom stereocenters. The second-order valence-corrected chi connectivity index (χ2v) is 16.1. The highest BCUT2D eigenvalue weighted by Gasteiger charge is 2.29. The molecule has 60 heavy (non-hydrogen) atoms. The van der Waals surface area contributed by atoms with Gasteiger partial charge in [-0.1, -0.05) is 201 Å². The van der Waals surface area contributed by atoms with Crippen LogP contribution in [0.4, 0.5) is 17.3 Å². The monoisotopic (exact) mass is 774 g/mol. The maximum absolute atomic E-state index is 5.33. The normalized spacial score (nSPS) is 11.2. The molecule has 0 N–H and O–H groups in total. The van der Waals surface area contributed by atoms with Gasteiger partial charge in [0.15, 0.2) is 11.6 Å². The summed E-state index contributed by atoms with van der Waals surface area (Å²) in [4.78, 5) is 17.9. The van der Waals surface area contributed by atoms with E-state index in [-0.39, 0.29) is 6.71 Å². The molecular weight excluding hydrogens is 727 g/mol. The molecule has 0 radical (unpaired) electrons. The molecule has 0 saturated heterocycles. The van der Waals surface area contributed by atoms with Crippen LogP contribution in [-0.2, 0) is 0 Å². The van der Waals surface area contributed by atoms with Crippen LogP contribution in [0.5, 0.6) is 0 Å². The Morgan fingerprint density at radius 2 is 0.867 bits per heavy atom. The van der Waals surface area contributed by atoms with Crippen LogP contribution in [-0.4, -0.2) is 21.7 Å². The van der Waals surface area contributed by atoms with Gasteiger partial charge in [0.2, 0.25) is 12.7 Å². The number of nitrogens with zero attached hydrogens (tertiary/aromatic N) is 4. The molecule has 9 aromatic rings. The SMILES string of the molecule is Cc1cc(C)c(B(c2ccc(N(c3ccc(-c4ccccc4)cc3)c3nc(-c4ccccc4)nc(-c4cccc5ccccc45)n3)cc2)c2c(C)cc(C)cc2C)c(C)c1. The van der Waals surface area contributed by atoms with Gasteiger partial charge in [-0.15, -0.1) is 0 Å². The van der Waals surface area contributed by atoms with E-state index in [1.165, 1.54) is 55.3 Å². The second kappa shape index (κ2) is 16.3. The van der Waals surface area contributed by atoms with E-state index < -0.39 is 0 Å². The van der Waals surface area contributed by atoms with Crippen LogP contribution in [0, 0.1) is 41.5 Å². The Hall–Kier alpha value is -7.11. The van der Waals surface area contributed by atoms with E-state index in [2.05, 4.69) is 204 Å². The molecule has 0 aliphatic carbocycles. The Balaban J connectivity index is 1.25. The van der Waals surface area contributed by atoms with Gasteiger partial charge in [0.1, 0.15) is 0 Å². The Bertz CT molecular complexity index is 2870. The largest absolute Gasteiger partial charge is 0.279 e. The first kappa shape index (κ1) is 38.4. The summed E-state index contributed by atoms with van der Waals surface area (Å²) < 4.78 is 0. The van der Waals surface area contributed by atoms with Crippen LogP contribution in [0.15, 0.2) is 176 Å². The standard InChI is InChI=1S/C55H47BN4/c1-36-32-38(3)51(39(4)33-36)56(52-40(5)34-37(2)35-41(52)6)46-26-30-48(31-27-46)60(47-28-24-43(25-29-47)42-16-9-7-10-17-42)55-58-53(45-19-11-8-12-20-45)57-54(59-55)50-23-15-21-44-18-13-14-22-49(44)50/h7-35H,1-6H3. The highest BCUT2D eigenvalue weighted by molar-refractivity contribution is 6.96. The molecule has 8 aromatic carbocycles. The van der Waals surface area contributed by atoms with Crippen LogP contribution in [0.3, 0.4) is 0 Å². The molecule has 1 heterocycles. The second-order valence-electron chi connectivity index (χ2n) is 16.1. The van der Waals surface area contributed by atoms with Crippen molar-refractivity contribution >= 4 is 51.2 Å². The molecule has 0 saturated carbocycles. The average molecular weight is 775 g/mol. The maximum Gasteiger partial charge on any atom is 0.242 e. The molecule has 0 amide bonds. The van der Waals surface area contributed by atoms with Gasteiger partial charge >= 0.3 is 0 Å². The highest BCUT2D eigenvalue weighted by Crippen LogP contribution is 2.36. The van der Waals surface area contributed by atoms with E-state index in [9.17, 15) is 0 Å². The summed E-state index contributed by atoms with van der Waals surface area (Å²) in [5.41, 5.74) is 17.8. The van der Waals surface area contributed by atoms with Crippen molar-refractivity contribution in [2.24, 2.45) is 0 Å². The van der Waals surface area contributed by atoms with Crippen LogP contribution < -0.4 is 21.3 Å². The molecule has 4 nitrogen and oxygen atoms in total. The van der Waals surface area contributed by atoms with Crippen LogP contribution in [0.1, 0.15) is 33.4 Å². The summed E-state index contributed by atoms with van der Waals surface area (Å²) >= 11 is 0. The Kier molecular flexibility index (Phi) is 10.4. The average Bonchev–Trinajstić information content (AvgIpc) is 3.26. The van der Waals surface area contributed by atoms with Crippen molar-refractivity contribution < 1.29 is 0 Å². The number of anilines is 3. The minimum Gasteiger partial charge on any atom is -0.279 e. The minimum atomic E-state index is 0.0543. The number of benzene rings is 8. The van der Waals surface area contributed by atoms with Crippen molar-refractivity contribution in [1.82, 2.24) is 15.0 Å². The van der Waals surface area contributed by atoms with E-state index in [1.807, 2.05) is 18.2 Å². The van der Waals surface area contributed by atoms with Gasteiger partial charge in [0.25, 0.3) is 0 Å². The quantitative estimate of drug-likeness (QED) is 0.137. The summed E-state index contributed by atoms with van der Waals surface area (Å²) in [6.07, 6.45) is 0.